The van der Waals surface area contributed by atoms with Gasteiger partial charge in [-0.15, -0.1) is 5.10 Å². The molecule has 1 aliphatic rings. The fourth-order valence-electron chi connectivity index (χ4n) is 2.18. The topological polar surface area (TPSA) is 86.1 Å². The Morgan fingerprint density at radius 3 is 2.67 bits per heavy atom. The molecule has 0 spiro atoms. The number of nitrogens with zero attached hydrogens (tertiary/aromatic N) is 3. The molecule has 0 bridgehead atoms. The van der Waals surface area contributed by atoms with E-state index in [1.54, 1.807) is 6.92 Å². The molecule has 0 unspecified atom stereocenters. The van der Waals surface area contributed by atoms with E-state index < -0.39 is 17.3 Å². The van der Waals surface area contributed by atoms with E-state index in [0.717, 1.165) is 24.4 Å². The number of imide groups is 1. The highest BCUT2D eigenvalue weighted by molar-refractivity contribution is 8.00. The van der Waals surface area contributed by atoms with Crippen molar-refractivity contribution >= 4 is 23.8 Å². The van der Waals surface area contributed by atoms with Gasteiger partial charge in [0.1, 0.15) is 5.82 Å². The molecule has 2 aromatic rings. The Morgan fingerprint density at radius 2 is 2.04 bits per heavy atom. The lowest BCUT2D eigenvalue weighted by Crippen LogP contribution is -2.35. The van der Waals surface area contributed by atoms with Crippen molar-refractivity contribution in [1.29, 1.82) is 0 Å². The number of carbonyl (C=O) groups excluding carboxylic acids is 2. The number of benzene rings is 1. The first-order valence-electron chi connectivity index (χ1n) is 7.66. The van der Waals surface area contributed by atoms with Crippen molar-refractivity contribution in [2.45, 2.75) is 36.1 Å². The summed E-state index contributed by atoms with van der Waals surface area (Å²) in [6.45, 7) is 1.70. The van der Waals surface area contributed by atoms with Crippen LogP contribution in [-0.4, -0.2) is 39.1 Å². The van der Waals surface area contributed by atoms with Gasteiger partial charge in [-0.05, 0) is 31.9 Å². The van der Waals surface area contributed by atoms with Crippen LogP contribution < -0.4 is 5.32 Å². The SMILES string of the molecule is COC(=O)NC(=O)[C@H](C)Sc1nc(C2CC2)n(-c2ccccc2)n1. The van der Waals surface area contributed by atoms with Gasteiger partial charge in [-0.3, -0.25) is 10.1 Å². The standard InChI is InChI=1S/C16H18N4O3S/c1-10(14(21)18-16(22)23-2)24-15-17-13(11-8-9-11)20(19-15)12-6-4-3-5-7-12/h3-7,10-11H,8-9H2,1-2H3,(H,18,21,22)/t10-/m0/s1. The summed E-state index contributed by atoms with van der Waals surface area (Å²) in [6.07, 6.45) is 1.44. The zero-order valence-corrected chi connectivity index (χ0v) is 14.2. The van der Waals surface area contributed by atoms with Crippen molar-refractivity contribution in [2.24, 2.45) is 0 Å². The normalized spacial score (nSPS) is 14.9. The first-order chi connectivity index (χ1) is 11.6. The van der Waals surface area contributed by atoms with Gasteiger partial charge in [0.2, 0.25) is 11.1 Å². The number of para-hydroxylation sites is 1. The number of carbonyl (C=O) groups is 2. The van der Waals surface area contributed by atoms with Crippen LogP contribution in [0.2, 0.25) is 0 Å². The Bertz CT molecular complexity index is 743. The predicted molar refractivity (Wildman–Crippen MR) is 89.2 cm³/mol. The van der Waals surface area contributed by atoms with E-state index in [1.807, 2.05) is 35.0 Å². The smallest absolute Gasteiger partial charge is 0.413 e. The van der Waals surface area contributed by atoms with Crippen molar-refractivity contribution in [3.05, 3.63) is 36.2 Å². The van der Waals surface area contributed by atoms with Crippen LogP contribution in [0, 0.1) is 0 Å². The molecule has 1 N–H and O–H groups in total. The van der Waals surface area contributed by atoms with E-state index in [2.05, 4.69) is 20.1 Å². The second-order valence-electron chi connectivity index (χ2n) is 5.52. The molecule has 0 saturated heterocycles. The van der Waals surface area contributed by atoms with Gasteiger partial charge in [0.05, 0.1) is 18.0 Å². The maximum Gasteiger partial charge on any atom is 0.413 e. The number of alkyl carbamates (subject to hydrolysis) is 1. The lowest BCUT2D eigenvalue weighted by atomic mass is 10.3. The molecule has 1 heterocycles. The average Bonchev–Trinajstić information content (AvgIpc) is 3.36. The Kier molecular flexibility index (Phi) is 4.84. The zero-order valence-electron chi connectivity index (χ0n) is 13.4. The van der Waals surface area contributed by atoms with Crippen LogP contribution in [0.15, 0.2) is 35.5 Å². The molecule has 8 heteroatoms. The summed E-state index contributed by atoms with van der Waals surface area (Å²) < 4.78 is 6.26. The summed E-state index contributed by atoms with van der Waals surface area (Å²) in [7, 11) is 1.21. The van der Waals surface area contributed by atoms with Crippen LogP contribution in [0.25, 0.3) is 5.69 Å². The molecule has 0 radical (unpaired) electrons. The van der Waals surface area contributed by atoms with E-state index in [0.29, 0.717) is 11.1 Å². The fourth-order valence-corrected chi connectivity index (χ4v) is 2.94. The summed E-state index contributed by atoms with van der Waals surface area (Å²) in [5, 5.41) is 6.70. The summed E-state index contributed by atoms with van der Waals surface area (Å²) in [4.78, 5) is 27.6. The van der Waals surface area contributed by atoms with Crippen LogP contribution in [0.3, 0.4) is 0 Å². The van der Waals surface area contributed by atoms with Gasteiger partial charge in [0.15, 0.2) is 0 Å². The number of thioether (sulfide) groups is 1. The highest BCUT2D eigenvalue weighted by Gasteiger charge is 2.31. The number of hydrogen-bond acceptors (Lipinski definition) is 6. The van der Waals surface area contributed by atoms with E-state index in [4.69, 9.17) is 0 Å². The van der Waals surface area contributed by atoms with Crippen LogP contribution >= 0.6 is 11.8 Å². The third kappa shape index (κ3) is 3.76. The molecular formula is C16H18N4O3S. The lowest BCUT2D eigenvalue weighted by Gasteiger charge is -2.07. The van der Waals surface area contributed by atoms with Crippen molar-refractivity contribution in [3.63, 3.8) is 0 Å². The first-order valence-corrected chi connectivity index (χ1v) is 8.54. The zero-order chi connectivity index (χ0) is 17.1. The Balaban J connectivity index is 1.77. The maximum atomic E-state index is 11.9. The number of hydrogen-bond donors (Lipinski definition) is 1. The molecule has 7 nitrogen and oxygen atoms in total. The average molecular weight is 346 g/mol. The molecule has 1 fully saturated rings. The van der Waals surface area contributed by atoms with Gasteiger partial charge in [0.25, 0.3) is 0 Å². The van der Waals surface area contributed by atoms with Gasteiger partial charge in [-0.1, -0.05) is 30.0 Å². The number of rotatable bonds is 5. The van der Waals surface area contributed by atoms with Gasteiger partial charge in [-0.2, -0.15) is 0 Å². The van der Waals surface area contributed by atoms with Crippen LogP contribution in [0.1, 0.15) is 31.5 Å². The highest BCUT2D eigenvalue weighted by atomic mass is 32.2. The van der Waals surface area contributed by atoms with E-state index in [1.165, 1.54) is 18.9 Å². The van der Waals surface area contributed by atoms with Crippen molar-refractivity contribution in [2.75, 3.05) is 7.11 Å². The number of aromatic nitrogens is 3. The fraction of sp³-hybridized carbons (Fsp3) is 0.375. The van der Waals surface area contributed by atoms with Crippen molar-refractivity contribution in [3.8, 4) is 5.69 Å². The molecular weight excluding hydrogens is 328 g/mol. The van der Waals surface area contributed by atoms with Crippen molar-refractivity contribution < 1.29 is 14.3 Å². The molecule has 1 aromatic carbocycles. The molecule has 0 aliphatic heterocycles. The largest absolute Gasteiger partial charge is 0.453 e. The molecule has 1 saturated carbocycles. The van der Waals surface area contributed by atoms with E-state index in [-0.39, 0.29) is 0 Å². The van der Waals surface area contributed by atoms with Crippen molar-refractivity contribution in [1.82, 2.24) is 20.1 Å². The van der Waals surface area contributed by atoms with E-state index >= 15 is 0 Å². The lowest BCUT2D eigenvalue weighted by molar-refractivity contribution is -0.119. The Hall–Kier alpha value is -2.35. The highest BCUT2D eigenvalue weighted by Crippen LogP contribution is 2.40. The summed E-state index contributed by atoms with van der Waals surface area (Å²) >= 11 is 1.22. The first kappa shape index (κ1) is 16.5. The van der Waals surface area contributed by atoms with Crippen LogP contribution in [0.4, 0.5) is 4.79 Å². The predicted octanol–water partition coefficient (Wildman–Crippen LogP) is 2.51. The van der Waals surface area contributed by atoms with Gasteiger partial charge in [-0.25, -0.2) is 14.5 Å². The molecule has 1 aliphatic carbocycles. The summed E-state index contributed by atoms with van der Waals surface area (Å²) in [5.74, 6) is 0.909. The van der Waals surface area contributed by atoms with Gasteiger partial charge >= 0.3 is 6.09 Å². The van der Waals surface area contributed by atoms with Crippen LogP contribution in [-0.2, 0) is 9.53 Å². The maximum absolute atomic E-state index is 11.9. The molecule has 1 atom stereocenters. The Labute approximate surface area is 143 Å². The number of nitrogens with one attached hydrogen (secondary N) is 1. The molecule has 3 rings (SSSR count). The quantitative estimate of drug-likeness (QED) is 0.837. The Morgan fingerprint density at radius 1 is 1.33 bits per heavy atom. The van der Waals surface area contributed by atoms with Crippen LogP contribution in [0.5, 0.6) is 0 Å². The number of amides is 2. The molecule has 126 valence electrons. The number of methoxy groups -OCH3 is 1. The van der Waals surface area contributed by atoms with Gasteiger partial charge in [0, 0.05) is 5.92 Å². The minimum absolute atomic E-state index is 0.422. The minimum Gasteiger partial charge on any atom is -0.453 e. The minimum atomic E-state index is -0.770. The third-order valence-electron chi connectivity index (χ3n) is 3.62. The summed E-state index contributed by atoms with van der Waals surface area (Å²) in [5.41, 5.74) is 0.949. The second kappa shape index (κ2) is 7.04. The molecule has 1 aromatic heterocycles. The van der Waals surface area contributed by atoms with E-state index in [9.17, 15) is 9.59 Å². The second-order valence-corrected chi connectivity index (χ2v) is 6.82. The monoisotopic (exact) mass is 346 g/mol. The number of ether oxygens (including phenoxy) is 1. The third-order valence-corrected chi connectivity index (χ3v) is 4.57. The molecule has 2 amide bonds. The summed E-state index contributed by atoms with van der Waals surface area (Å²) in [6, 6.07) is 9.80. The van der Waals surface area contributed by atoms with Gasteiger partial charge < -0.3 is 4.74 Å². The molecule has 24 heavy (non-hydrogen) atoms.